The number of aromatic nitrogens is 4. The van der Waals surface area contributed by atoms with E-state index in [1.54, 1.807) is 18.3 Å². The van der Waals surface area contributed by atoms with Crippen LogP contribution in [0.15, 0.2) is 70.9 Å². The summed E-state index contributed by atoms with van der Waals surface area (Å²) in [5, 5.41) is 9.84. The summed E-state index contributed by atoms with van der Waals surface area (Å²) in [6.07, 6.45) is 3.57. The van der Waals surface area contributed by atoms with Gasteiger partial charge < -0.3 is 10.1 Å². The Kier molecular flexibility index (Phi) is 9.76. The fourth-order valence-electron chi connectivity index (χ4n) is 4.27. The summed E-state index contributed by atoms with van der Waals surface area (Å²) >= 11 is 4.99. The number of thiazole rings is 1. The largest absolute Gasteiger partial charge is 0.488 e. The standard InChI is InChI=1S/C30H28BrFN6O3S2/c1-17(2)9-28(43(39)40)36-18(3)30-38-26(15-42-30)24-12-22-25(13-33-24)34-16-35-29(22)37-21-7-8-27(23(31)11-21)41-14-19-5-4-6-20(32)10-19/h4-8,10-13,15-18,36H,9,14H2,1-3H3,(H,34,35,37). The molecule has 0 aliphatic rings. The van der Waals surface area contributed by atoms with Gasteiger partial charge in [0.1, 0.15) is 40.3 Å². The number of fused-ring (bicyclic) bond motifs is 1. The van der Waals surface area contributed by atoms with Crippen molar-refractivity contribution in [2.45, 2.75) is 39.8 Å². The maximum atomic E-state index is 13.5. The fourth-order valence-corrected chi connectivity index (χ4v) is 6.33. The van der Waals surface area contributed by atoms with E-state index in [0.29, 0.717) is 34.9 Å². The van der Waals surface area contributed by atoms with Gasteiger partial charge in [-0.05, 0) is 77.2 Å². The summed E-state index contributed by atoms with van der Waals surface area (Å²) < 4.78 is 43.4. The van der Waals surface area contributed by atoms with Crippen LogP contribution in [0.3, 0.4) is 0 Å². The number of benzene rings is 2. The summed E-state index contributed by atoms with van der Waals surface area (Å²) in [5.74, 6) is 1.10. The first-order chi connectivity index (χ1) is 20.7. The van der Waals surface area contributed by atoms with Gasteiger partial charge in [0.2, 0.25) is 10.3 Å². The molecule has 222 valence electrons. The van der Waals surface area contributed by atoms with Gasteiger partial charge in [-0.15, -0.1) is 11.3 Å². The third kappa shape index (κ3) is 7.79. The van der Waals surface area contributed by atoms with Gasteiger partial charge in [0.15, 0.2) is 0 Å². The van der Waals surface area contributed by atoms with E-state index in [9.17, 15) is 12.8 Å². The number of hydrogen-bond donors (Lipinski definition) is 2. The van der Waals surface area contributed by atoms with Gasteiger partial charge in [0.25, 0.3) is 0 Å². The highest BCUT2D eigenvalue weighted by Crippen LogP contribution is 2.32. The lowest BCUT2D eigenvalue weighted by Crippen LogP contribution is -2.28. The molecule has 0 spiro atoms. The maximum Gasteiger partial charge on any atom is 0.228 e. The van der Waals surface area contributed by atoms with Gasteiger partial charge in [-0.1, -0.05) is 26.0 Å². The molecular weight excluding hydrogens is 655 g/mol. The highest BCUT2D eigenvalue weighted by atomic mass is 79.9. The Morgan fingerprint density at radius 1 is 1.07 bits per heavy atom. The van der Waals surface area contributed by atoms with Crippen molar-refractivity contribution in [2.24, 2.45) is 5.92 Å². The van der Waals surface area contributed by atoms with Gasteiger partial charge >= 0.3 is 0 Å². The molecule has 43 heavy (non-hydrogen) atoms. The molecule has 1 atom stereocenters. The van der Waals surface area contributed by atoms with Gasteiger partial charge in [-0.25, -0.2) is 19.3 Å². The maximum absolute atomic E-state index is 13.5. The Morgan fingerprint density at radius 3 is 2.65 bits per heavy atom. The number of nitrogens with zero attached hydrogens (tertiary/aromatic N) is 4. The minimum atomic E-state index is -2.32. The van der Waals surface area contributed by atoms with Gasteiger partial charge in [-0.2, -0.15) is 8.42 Å². The number of nitrogens with one attached hydrogen (secondary N) is 2. The normalized spacial score (nSPS) is 12.0. The molecule has 0 aliphatic heterocycles. The topological polar surface area (TPSA) is 119 Å². The molecule has 2 aromatic carbocycles. The Morgan fingerprint density at radius 2 is 1.91 bits per heavy atom. The van der Waals surface area contributed by atoms with Gasteiger partial charge in [0, 0.05) is 16.5 Å². The van der Waals surface area contributed by atoms with E-state index in [0.717, 1.165) is 26.1 Å². The van der Waals surface area contributed by atoms with Crippen molar-refractivity contribution < 1.29 is 17.5 Å². The molecule has 3 heterocycles. The molecule has 0 aliphatic carbocycles. The number of rotatable bonds is 10. The van der Waals surface area contributed by atoms with E-state index in [2.05, 4.69) is 41.5 Å². The quantitative estimate of drug-likeness (QED) is 0.149. The predicted octanol–water partition coefficient (Wildman–Crippen LogP) is 7.08. The smallest absolute Gasteiger partial charge is 0.228 e. The van der Waals surface area contributed by atoms with Crippen LogP contribution in [0.25, 0.3) is 22.3 Å². The SMILES string of the molecule is CC(C)CC(NC(C)c1nc(-c2cc3c(Nc4ccc(OCc5cccc(F)c5)c(Br)c4)ncnc3cn2)cs1)=S(=O)=O. The van der Waals surface area contributed by atoms with Gasteiger partial charge in [0.05, 0.1) is 33.6 Å². The van der Waals surface area contributed by atoms with Crippen LogP contribution < -0.4 is 15.4 Å². The summed E-state index contributed by atoms with van der Waals surface area (Å²) in [5.41, 5.74) is 3.47. The highest BCUT2D eigenvalue weighted by molar-refractivity contribution is 9.10. The summed E-state index contributed by atoms with van der Waals surface area (Å²) in [7, 11) is -2.32. The van der Waals surface area contributed by atoms with Gasteiger partial charge in [-0.3, -0.25) is 10.3 Å². The molecular formula is C30H28BrFN6O3S2. The van der Waals surface area contributed by atoms with E-state index in [1.807, 2.05) is 50.4 Å². The second-order valence-electron chi connectivity index (χ2n) is 10.2. The molecule has 1 unspecified atom stereocenters. The Labute approximate surface area is 262 Å². The number of ether oxygens (including phenoxy) is 1. The molecule has 0 radical (unpaired) electrons. The Hall–Kier alpha value is -3.78. The van der Waals surface area contributed by atoms with Crippen molar-refractivity contribution in [1.82, 2.24) is 25.3 Å². The van der Waals surface area contributed by atoms with Crippen LogP contribution in [0.4, 0.5) is 15.9 Å². The zero-order chi connectivity index (χ0) is 30.5. The van der Waals surface area contributed by atoms with Crippen LogP contribution in [0.1, 0.15) is 43.8 Å². The predicted molar refractivity (Wildman–Crippen MR) is 172 cm³/mol. The van der Waals surface area contributed by atoms with Crippen LogP contribution in [-0.4, -0.2) is 33.3 Å². The van der Waals surface area contributed by atoms with Crippen molar-refractivity contribution in [1.29, 1.82) is 0 Å². The van der Waals surface area contributed by atoms with Crippen LogP contribution in [0.5, 0.6) is 5.75 Å². The van der Waals surface area contributed by atoms with E-state index < -0.39 is 10.3 Å². The second kappa shape index (κ2) is 13.7. The number of anilines is 2. The molecule has 13 heteroatoms. The minimum Gasteiger partial charge on any atom is -0.488 e. The molecule has 3 aromatic heterocycles. The first-order valence-electron chi connectivity index (χ1n) is 13.4. The number of pyridine rings is 1. The average molecular weight is 684 g/mol. The molecule has 2 N–H and O–H groups in total. The molecule has 0 saturated heterocycles. The summed E-state index contributed by atoms with van der Waals surface area (Å²) in [6.45, 7) is 6.06. The molecule has 0 fully saturated rings. The van der Waals surface area contributed by atoms with Crippen molar-refractivity contribution in [3.63, 3.8) is 0 Å². The van der Waals surface area contributed by atoms with Crippen molar-refractivity contribution in [3.05, 3.63) is 87.3 Å². The zero-order valence-corrected chi connectivity index (χ0v) is 26.7. The number of hydrogen-bond acceptors (Lipinski definition) is 9. The van der Waals surface area contributed by atoms with E-state index in [4.69, 9.17) is 9.72 Å². The third-order valence-corrected chi connectivity index (χ3v) is 8.66. The fraction of sp³-hybridized carbons (Fsp3) is 0.233. The number of halogens is 2. The van der Waals surface area contributed by atoms with Crippen molar-refractivity contribution in [2.75, 3.05) is 5.32 Å². The van der Waals surface area contributed by atoms with Crippen molar-refractivity contribution >= 4 is 65.0 Å². The minimum absolute atomic E-state index is 0.199. The summed E-state index contributed by atoms with van der Waals surface area (Å²) in [4.78, 5) is 18.4. The highest BCUT2D eigenvalue weighted by Gasteiger charge is 2.17. The molecule has 5 aromatic rings. The first-order valence-corrected chi connectivity index (χ1v) is 16.1. The molecule has 5 rings (SSSR count). The lowest BCUT2D eigenvalue weighted by Gasteiger charge is -2.13. The van der Waals surface area contributed by atoms with Crippen LogP contribution in [0, 0.1) is 11.7 Å². The first kappa shape index (κ1) is 30.7. The Bertz CT molecular complexity index is 1910. The van der Waals surface area contributed by atoms with Crippen LogP contribution >= 0.6 is 27.3 Å². The van der Waals surface area contributed by atoms with Crippen molar-refractivity contribution in [3.8, 4) is 17.1 Å². The van der Waals surface area contributed by atoms with E-state index in [1.165, 1.54) is 29.8 Å². The molecule has 0 amide bonds. The molecule has 0 bridgehead atoms. The molecule has 0 saturated carbocycles. The van der Waals surface area contributed by atoms with Crippen LogP contribution in [-0.2, 0) is 16.9 Å². The van der Waals surface area contributed by atoms with E-state index >= 15 is 0 Å². The zero-order valence-electron chi connectivity index (χ0n) is 23.5. The lowest BCUT2D eigenvalue weighted by molar-refractivity contribution is 0.303. The second-order valence-corrected chi connectivity index (χ2v) is 12.9. The third-order valence-electron chi connectivity index (χ3n) is 6.33. The molecule has 9 nitrogen and oxygen atoms in total. The monoisotopic (exact) mass is 682 g/mol. The Balaban J connectivity index is 1.34. The summed E-state index contributed by atoms with van der Waals surface area (Å²) in [6, 6.07) is 13.4. The van der Waals surface area contributed by atoms with E-state index in [-0.39, 0.29) is 29.4 Å². The lowest BCUT2D eigenvalue weighted by atomic mass is 10.1. The average Bonchev–Trinajstić information content (AvgIpc) is 3.47. The van der Waals surface area contributed by atoms with Crippen LogP contribution in [0.2, 0.25) is 0 Å².